The lowest BCUT2D eigenvalue weighted by Gasteiger charge is -2.32. The van der Waals surface area contributed by atoms with Gasteiger partial charge in [0.15, 0.2) is 0 Å². The van der Waals surface area contributed by atoms with Crippen molar-refractivity contribution < 1.29 is 19.5 Å². The number of aromatic hydroxyl groups is 1. The number of hydrogen-bond donors (Lipinski definition) is 2. The van der Waals surface area contributed by atoms with Crippen LogP contribution in [0.15, 0.2) is 41.5 Å². The first-order valence-electron chi connectivity index (χ1n) is 9.00. The molecule has 3 amide bonds. The first-order valence-corrected chi connectivity index (χ1v) is 9.00. The Morgan fingerprint density at radius 2 is 1.79 bits per heavy atom. The van der Waals surface area contributed by atoms with Crippen molar-refractivity contribution in [1.82, 2.24) is 15.2 Å². The van der Waals surface area contributed by atoms with Gasteiger partial charge in [-0.25, -0.2) is 5.43 Å². The number of fused-ring (bicyclic) bond motifs is 1. The van der Waals surface area contributed by atoms with E-state index in [0.29, 0.717) is 31.9 Å². The van der Waals surface area contributed by atoms with Crippen LogP contribution in [-0.2, 0) is 9.59 Å². The number of hydrogen-bond acceptors (Lipinski definition) is 5. The molecule has 0 bridgehead atoms. The lowest BCUT2D eigenvalue weighted by atomic mass is 10.1. The molecule has 0 atom stereocenters. The standard InChI is InChI=1S/C20H22N4O4/c1-14(10-19(27)24-8-6-23(13-25)7-9-24)21-22-20(28)17-11-15-4-2-3-5-16(15)12-18(17)26/h2-5,11-13,26H,6-10H2,1H3,(H,22,28)/b21-14-. The minimum atomic E-state index is -0.547. The van der Waals surface area contributed by atoms with Gasteiger partial charge in [-0.05, 0) is 29.8 Å². The summed E-state index contributed by atoms with van der Waals surface area (Å²) in [6.45, 7) is 3.66. The molecule has 2 N–H and O–H groups in total. The second kappa shape index (κ2) is 8.51. The van der Waals surface area contributed by atoms with Crippen LogP contribution in [0.25, 0.3) is 10.8 Å². The Morgan fingerprint density at radius 1 is 1.14 bits per heavy atom. The van der Waals surface area contributed by atoms with Crippen LogP contribution in [0, 0.1) is 0 Å². The number of benzene rings is 2. The Hall–Kier alpha value is -3.42. The minimum Gasteiger partial charge on any atom is -0.507 e. The molecule has 0 aliphatic carbocycles. The highest BCUT2D eigenvalue weighted by Gasteiger charge is 2.20. The van der Waals surface area contributed by atoms with E-state index < -0.39 is 5.91 Å². The van der Waals surface area contributed by atoms with Gasteiger partial charge in [0.2, 0.25) is 12.3 Å². The number of carbonyl (C=O) groups excluding carboxylic acids is 3. The number of nitrogens with zero attached hydrogens (tertiary/aromatic N) is 3. The highest BCUT2D eigenvalue weighted by molar-refractivity contribution is 6.03. The van der Waals surface area contributed by atoms with Gasteiger partial charge in [0.25, 0.3) is 5.91 Å². The zero-order chi connectivity index (χ0) is 20.1. The maximum atomic E-state index is 12.4. The molecule has 0 saturated carbocycles. The van der Waals surface area contributed by atoms with Crippen LogP contribution in [0.2, 0.25) is 0 Å². The Labute approximate surface area is 162 Å². The SMILES string of the molecule is C/C(CC(=O)N1CCN(C=O)CC1)=N/NC(=O)c1cc2ccccc2cc1O. The zero-order valence-electron chi connectivity index (χ0n) is 15.6. The Balaban J connectivity index is 1.60. The van der Waals surface area contributed by atoms with Crippen molar-refractivity contribution in [2.75, 3.05) is 26.2 Å². The van der Waals surface area contributed by atoms with Crippen LogP contribution >= 0.6 is 0 Å². The second-order valence-electron chi connectivity index (χ2n) is 6.70. The van der Waals surface area contributed by atoms with Gasteiger partial charge < -0.3 is 14.9 Å². The van der Waals surface area contributed by atoms with Crippen LogP contribution in [0.4, 0.5) is 0 Å². The van der Waals surface area contributed by atoms with Crippen LogP contribution in [-0.4, -0.2) is 65.0 Å². The summed E-state index contributed by atoms with van der Waals surface area (Å²) in [6, 6.07) is 10.5. The van der Waals surface area contributed by atoms with E-state index in [4.69, 9.17) is 0 Å². The lowest BCUT2D eigenvalue weighted by molar-refractivity contribution is -0.134. The fourth-order valence-corrected chi connectivity index (χ4v) is 3.06. The third-order valence-corrected chi connectivity index (χ3v) is 4.68. The lowest BCUT2D eigenvalue weighted by Crippen LogP contribution is -2.48. The predicted molar refractivity (Wildman–Crippen MR) is 105 cm³/mol. The fraction of sp³-hybridized carbons (Fsp3) is 0.300. The molecule has 1 aliphatic rings. The van der Waals surface area contributed by atoms with Crippen LogP contribution in [0.5, 0.6) is 5.75 Å². The van der Waals surface area contributed by atoms with Crippen LogP contribution < -0.4 is 5.43 Å². The molecule has 8 nitrogen and oxygen atoms in total. The molecule has 1 fully saturated rings. The van der Waals surface area contributed by atoms with E-state index in [1.165, 1.54) is 6.07 Å². The van der Waals surface area contributed by atoms with E-state index in [0.717, 1.165) is 17.2 Å². The van der Waals surface area contributed by atoms with Gasteiger partial charge in [-0.3, -0.25) is 14.4 Å². The van der Waals surface area contributed by atoms with Gasteiger partial charge in [-0.2, -0.15) is 5.10 Å². The summed E-state index contributed by atoms with van der Waals surface area (Å²) >= 11 is 0. The van der Waals surface area contributed by atoms with Crippen molar-refractivity contribution in [3.8, 4) is 5.75 Å². The molecule has 0 radical (unpaired) electrons. The molecule has 2 aromatic rings. The molecule has 146 valence electrons. The molecule has 3 rings (SSSR count). The summed E-state index contributed by atoms with van der Waals surface area (Å²) in [6.07, 6.45) is 0.858. The largest absolute Gasteiger partial charge is 0.507 e. The molecule has 1 heterocycles. The Bertz CT molecular complexity index is 933. The highest BCUT2D eigenvalue weighted by atomic mass is 16.3. The number of phenols is 1. The molecule has 0 spiro atoms. The smallest absolute Gasteiger partial charge is 0.275 e. The van der Waals surface area contributed by atoms with E-state index in [-0.39, 0.29) is 23.6 Å². The molecular weight excluding hydrogens is 360 g/mol. The monoisotopic (exact) mass is 382 g/mol. The van der Waals surface area contributed by atoms with Crippen LogP contribution in [0.1, 0.15) is 23.7 Å². The Morgan fingerprint density at radius 3 is 2.43 bits per heavy atom. The summed E-state index contributed by atoms with van der Waals surface area (Å²) in [5.74, 6) is -0.780. The molecule has 1 aliphatic heterocycles. The first kappa shape index (κ1) is 19.3. The number of piperazine rings is 1. The minimum absolute atomic E-state index is 0.0745. The van der Waals surface area contributed by atoms with Crippen molar-refractivity contribution in [2.24, 2.45) is 5.10 Å². The number of phenolic OH excluding ortho intramolecular Hbond substituents is 1. The van der Waals surface area contributed by atoms with E-state index in [2.05, 4.69) is 10.5 Å². The summed E-state index contributed by atoms with van der Waals surface area (Å²) in [4.78, 5) is 38.7. The zero-order valence-corrected chi connectivity index (χ0v) is 15.6. The number of rotatable bonds is 5. The maximum Gasteiger partial charge on any atom is 0.275 e. The number of amides is 3. The third-order valence-electron chi connectivity index (χ3n) is 4.68. The molecule has 0 aromatic heterocycles. The van der Waals surface area contributed by atoms with Crippen molar-refractivity contribution in [3.63, 3.8) is 0 Å². The van der Waals surface area contributed by atoms with Crippen molar-refractivity contribution in [3.05, 3.63) is 42.0 Å². The molecule has 28 heavy (non-hydrogen) atoms. The van der Waals surface area contributed by atoms with Gasteiger partial charge in [0, 0.05) is 31.9 Å². The van der Waals surface area contributed by atoms with E-state index >= 15 is 0 Å². The van der Waals surface area contributed by atoms with E-state index in [1.54, 1.807) is 22.8 Å². The summed E-state index contributed by atoms with van der Waals surface area (Å²) in [5, 5.41) is 15.7. The fourth-order valence-electron chi connectivity index (χ4n) is 3.06. The predicted octanol–water partition coefficient (Wildman–Crippen LogP) is 1.34. The van der Waals surface area contributed by atoms with E-state index in [1.807, 2.05) is 24.3 Å². The third kappa shape index (κ3) is 4.46. The normalized spacial score (nSPS) is 14.8. The number of nitrogens with one attached hydrogen (secondary N) is 1. The van der Waals surface area contributed by atoms with Crippen molar-refractivity contribution >= 4 is 34.7 Å². The summed E-state index contributed by atoms with van der Waals surface area (Å²) in [7, 11) is 0. The average molecular weight is 382 g/mol. The van der Waals surface area contributed by atoms with Crippen molar-refractivity contribution in [2.45, 2.75) is 13.3 Å². The molecular formula is C20H22N4O4. The average Bonchev–Trinajstić information content (AvgIpc) is 2.71. The number of carbonyl (C=O) groups is 3. The van der Waals surface area contributed by atoms with Crippen molar-refractivity contribution in [1.29, 1.82) is 0 Å². The topological polar surface area (TPSA) is 102 Å². The van der Waals surface area contributed by atoms with Gasteiger partial charge in [0.05, 0.1) is 12.0 Å². The summed E-state index contributed by atoms with van der Waals surface area (Å²) < 4.78 is 0. The number of hydrazone groups is 1. The molecule has 0 unspecified atom stereocenters. The quantitative estimate of drug-likeness (QED) is 0.463. The van der Waals surface area contributed by atoms with Gasteiger partial charge >= 0.3 is 0 Å². The molecule has 8 heteroatoms. The highest BCUT2D eigenvalue weighted by Crippen LogP contribution is 2.24. The van der Waals surface area contributed by atoms with Gasteiger partial charge in [-0.1, -0.05) is 24.3 Å². The molecule has 2 aromatic carbocycles. The summed E-state index contributed by atoms with van der Waals surface area (Å²) in [5.41, 5.74) is 2.96. The van der Waals surface area contributed by atoms with E-state index in [9.17, 15) is 19.5 Å². The molecule has 1 saturated heterocycles. The van der Waals surface area contributed by atoms with Gasteiger partial charge in [0.1, 0.15) is 5.75 Å². The van der Waals surface area contributed by atoms with Crippen LogP contribution in [0.3, 0.4) is 0 Å². The van der Waals surface area contributed by atoms with Gasteiger partial charge in [-0.15, -0.1) is 0 Å². The second-order valence-corrected chi connectivity index (χ2v) is 6.70. The first-order chi connectivity index (χ1) is 13.5. The Kier molecular flexibility index (Phi) is 5.88. The maximum absolute atomic E-state index is 12.4.